The molecule has 1 aromatic rings. The largest absolute Gasteiger partial charge is 0.382 e. The first-order valence-corrected chi connectivity index (χ1v) is 6.59. The van der Waals surface area contributed by atoms with Gasteiger partial charge in [0.25, 0.3) is 0 Å². The highest BCUT2D eigenvalue weighted by atomic mass is 16.5. The minimum Gasteiger partial charge on any atom is -0.382 e. The first-order valence-electron chi connectivity index (χ1n) is 6.59. The number of ether oxygens (including phenoxy) is 2. The van der Waals surface area contributed by atoms with Crippen LogP contribution in [-0.2, 0) is 16.0 Å². The Morgan fingerprint density at radius 3 is 2.83 bits per heavy atom. The van der Waals surface area contributed by atoms with E-state index >= 15 is 0 Å². The third-order valence-corrected chi connectivity index (χ3v) is 2.78. The third-order valence-electron chi connectivity index (χ3n) is 2.78. The van der Waals surface area contributed by atoms with Crippen LogP contribution in [0.4, 0.5) is 0 Å². The van der Waals surface area contributed by atoms with Gasteiger partial charge in [0.05, 0.1) is 13.2 Å². The number of aromatic nitrogens is 2. The van der Waals surface area contributed by atoms with Gasteiger partial charge in [-0.1, -0.05) is 0 Å². The summed E-state index contributed by atoms with van der Waals surface area (Å²) >= 11 is 0. The van der Waals surface area contributed by atoms with E-state index in [4.69, 9.17) is 9.47 Å². The molecule has 1 N–H and O–H groups in total. The van der Waals surface area contributed by atoms with Gasteiger partial charge >= 0.3 is 0 Å². The second-order valence-corrected chi connectivity index (χ2v) is 4.23. The minimum absolute atomic E-state index is 0.683. The van der Waals surface area contributed by atoms with Crippen LogP contribution in [-0.4, -0.2) is 49.6 Å². The second kappa shape index (κ2) is 10.1. The second-order valence-electron chi connectivity index (χ2n) is 4.23. The highest BCUT2D eigenvalue weighted by Gasteiger charge is 1.95. The summed E-state index contributed by atoms with van der Waals surface area (Å²) in [5, 5.41) is 3.42. The Balaban J connectivity index is 1.83. The summed E-state index contributed by atoms with van der Waals surface area (Å²) in [6.07, 6.45) is 6.10. The zero-order valence-electron chi connectivity index (χ0n) is 11.5. The topological polar surface area (TPSA) is 48.3 Å². The van der Waals surface area contributed by atoms with E-state index in [0.29, 0.717) is 13.2 Å². The summed E-state index contributed by atoms with van der Waals surface area (Å²) in [5.74, 6) is 1.07. The van der Waals surface area contributed by atoms with Crippen LogP contribution in [0.15, 0.2) is 12.4 Å². The van der Waals surface area contributed by atoms with Gasteiger partial charge in [0.1, 0.15) is 5.82 Å². The summed E-state index contributed by atoms with van der Waals surface area (Å²) in [4.78, 5) is 4.19. The summed E-state index contributed by atoms with van der Waals surface area (Å²) in [7, 11) is 1.69. The molecule has 0 fully saturated rings. The molecule has 0 aliphatic heterocycles. The van der Waals surface area contributed by atoms with Crippen LogP contribution in [0, 0.1) is 6.92 Å². The van der Waals surface area contributed by atoms with Gasteiger partial charge in [0.2, 0.25) is 0 Å². The fourth-order valence-electron chi connectivity index (χ4n) is 1.66. The Labute approximate surface area is 109 Å². The van der Waals surface area contributed by atoms with Crippen LogP contribution >= 0.6 is 0 Å². The molecule has 5 nitrogen and oxygen atoms in total. The highest BCUT2D eigenvalue weighted by molar-refractivity contribution is 4.88. The highest BCUT2D eigenvalue weighted by Crippen LogP contribution is 1.94. The third kappa shape index (κ3) is 6.74. The molecule has 0 bridgehead atoms. The number of rotatable bonds is 11. The lowest BCUT2D eigenvalue weighted by atomic mass is 10.3. The van der Waals surface area contributed by atoms with E-state index in [1.165, 1.54) is 0 Å². The minimum atomic E-state index is 0.683. The van der Waals surface area contributed by atoms with Crippen LogP contribution in [0.5, 0.6) is 0 Å². The van der Waals surface area contributed by atoms with Gasteiger partial charge in [-0.25, -0.2) is 4.98 Å². The molecule has 0 aliphatic carbocycles. The van der Waals surface area contributed by atoms with E-state index in [9.17, 15) is 0 Å². The first-order chi connectivity index (χ1) is 8.84. The molecular weight excluding hydrogens is 230 g/mol. The van der Waals surface area contributed by atoms with Gasteiger partial charge in [0, 0.05) is 39.2 Å². The van der Waals surface area contributed by atoms with E-state index in [0.717, 1.165) is 44.9 Å². The van der Waals surface area contributed by atoms with Gasteiger partial charge in [-0.15, -0.1) is 0 Å². The zero-order chi connectivity index (χ0) is 13.1. The van der Waals surface area contributed by atoms with E-state index in [2.05, 4.69) is 14.9 Å². The maximum atomic E-state index is 5.39. The van der Waals surface area contributed by atoms with Crippen molar-refractivity contribution in [3.63, 3.8) is 0 Å². The molecule has 0 radical (unpaired) electrons. The summed E-state index contributed by atoms with van der Waals surface area (Å²) in [5.41, 5.74) is 0. The van der Waals surface area contributed by atoms with Gasteiger partial charge in [0.15, 0.2) is 0 Å². The average Bonchev–Trinajstić information content (AvgIpc) is 2.77. The van der Waals surface area contributed by atoms with Crippen molar-refractivity contribution in [1.29, 1.82) is 0 Å². The van der Waals surface area contributed by atoms with Crippen LogP contribution in [0.3, 0.4) is 0 Å². The summed E-state index contributed by atoms with van der Waals surface area (Å²) in [6.45, 7) is 7.24. The molecule has 1 aromatic heterocycles. The standard InChI is InChI=1S/C13H25N3O2/c1-13-15-7-9-16(13)8-6-14-5-3-4-10-18-12-11-17-2/h7,9,14H,3-6,8,10-12H2,1-2H3. The van der Waals surface area contributed by atoms with Crippen molar-refractivity contribution in [2.24, 2.45) is 0 Å². The quantitative estimate of drug-likeness (QED) is 0.604. The van der Waals surface area contributed by atoms with Gasteiger partial charge < -0.3 is 19.4 Å². The number of nitrogens with one attached hydrogen (secondary N) is 1. The lowest BCUT2D eigenvalue weighted by Gasteiger charge is -2.07. The molecule has 1 rings (SSSR count). The molecule has 1 heterocycles. The monoisotopic (exact) mass is 255 g/mol. The van der Waals surface area contributed by atoms with Crippen LogP contribution < -0.4 is 5.32 Å². The molecule has 18 heavy (non-hydrogen) atoms. The molecule has 0 aliphatic rings. The fraction of sp³-hybridized carbons (Fsp3) is 0.769. The lowest BCUT2D eigenvalue weighted by Crippen LogP contribution is -2.21. The van der Waals surface area contributed by atoms with Gasteiger partial charge in [-0.05, 0) is 26.3 Å². The molecule has 0 atom stereocenters. The van der Waals surface area contributed by atoms with Crippen LogP contribution in [0.2, 0.25) is 0 Å². The average molecular weight is 255 g/mol. The molecule has 0 amide bonds. The van der Waals surface area contributed by atoms with Crippen molar-refractivity contribution in [1.82, 2.24) is 14.9 Å². The number of hydrogen-bond donors (Lipinski definition) is 1. The fourth-order valence-corrected chi connectivity index (χ4v) is 1.66. The Morgan fingerprint density at radius 2 is 2.11 bits per heavy atom. The van der Waals surface area contributed by atoms with Crippen molar-refractivity contribution in [2.75, 3.05) is 40.0 Å². The van der Waals surface area contributed by atoms with Crippen molar-refractivity contribution >= 4 is 0 Å². The van der Waals surface area contributed by atoms with E-state index < -0.39 is 0 Å². The SMILES string of the molecule is COCCOCCCCNCCn1ccnc1C. The summed E-state index contributed by atoms with van der Waals surface area (Å²) < 4.78 is 12.4. The maximum absolute atomic E-state index is 5.39. The van der Waals surface area contributed by atoms with Gasteiger partial charge in [-0.2, -0.15) is 0 Å². The van der Waals surface area contributed by atoms with Crippen molar-refractivity contribution < 1.29 is 9.47 Å². The number of methoxy groups -OCH3 is 1. The first kappa shape index (κ1) is 15.1. The van der Waals surface area contributed by atoms with E-state index in [-0.39, 0.29) is 0 Å². The normalized spacial score (nSPS) is 11.0. The Bertz CT molecular complexity index is 302. The zero-order valence-corrected chi connectivity index (χ0v) is 11.5. The number of aryl methyl sites for hydroxylation is 1. The molecular formula is C13H25N3O2. The number of unbranched alkanes of at least 4 members (excludes halogenated alkanes) is 1. The van der Waals surface area contributed by atoms with Crippen LogP contribution in [0.1, 0.15) is 18.7 Å². The number of nitrogens with zero attached hydrogens (tertiary/aromatic N) is 2. The van der Waals surface area contributed by atoms with E-state index in [1.54, 1.807) is 7.11 Å². The van der Waals surface area contributed by atoms with Crippen molar-refractivity contribution in [3.8, 4) is 0 Å². The summed E-state index contributed by atoms with van der Waals surface area (Å²) in [6, 6.07) is 0. The smallest absolute Gasteiger partial charge is 0.105 e. The molecule has 0 saturated carbocycles. The molecule has 5 heteroatoms. The van der Waals surface area contributed by atoms with Crippen molar-refractivity contribution in [2.45, 2.75) is 26.3 Å². The molecule has 104 valence electrons. The lowest BCUT2D eigenvalue weighted by molar-refractivity contribution is 0.0688. The molecule has 0 saturated heterocycles. The Morgan fingerprint density at radius 1 is 1.22 bits per heavy atom. The molecule has 0 spiro atoms. The Kier molecular flexibility index (Phi) is 8.46. The molecule has 0 unspecified atom stereocenters. The number of imidazole rings is 1. The van der Waals surface area contributed by atoms with Crippen LogP contribution in [0.25, 0.3) is 0 Å². The van der Waals surface area contributed by atoms with Crippen molar-refractivity contribution in [3.05, 3.63) is 18.2 Å². The Hall–Kier alpha value is -0.910. The molecule has 0 aromatic carbocycles. The van der Waals surface area contributed by atoms with Gasteiger partial charge in [-0.3, -0.25) is 0 Å². The predicted octanol–water partition coefficient (Wildman–Crippen LogP) is 1.22. The number of hydrogen-bond acceptors (Lipinski definition) is 4. The predicted molar refractivity (Wildman–Crippen MR) is 71.8 cm³/mol. The maximum Gasteiger partial charge on any atom is 0.105 e. The van der Waals surface area contributed by atoms with E-state index in [1.807, 2.05) is 19.3 Å².